The lowest BCUT2D eigenvalue weighted by Gasteiger charge is -2.10. The molecule has 0 saturated heterocycles. The van der Waals surface area contributed by atoms with Gasteiger partial charge in [0.15, 0.2) is 0 Å². The molecular weight excluding hydrogens is 398 g/mol. The van der Waals surface area contributed by atoms with Gasteiger partial charge in [0.05, 0.1) is 18.9 Å². The average molecular weight is 414 g/mol. The first-order valence-corrected chi connectivity index (χ1v) is 9.51. The van der Waals surface area contributed by atoms with Crippen molar-refractivity contribution in [3.63, 3.8) is 0 Å². The summed E-state index contributed by atoms with van der Waals surface area (Å²) in [5, 5.41) is 13.4. The molecule has 7 nitrogen and oxygen atoms in total. The minimum absolute atomic E-state index is 0.0228. The Kier molecular flexibility index (Phi) is 4.93. The number of hydrogen-bond donors (Lipinski definition) is 1. The smallest absolute Gasteiger partial charge is 0.276 e. The van der Waals surface area contributed by atoms with Crippen LogP contribution >= 0.6 is 11.3 Å². The molecule has 0 radical (unpaired) electrons. The fourth-order valence-electron chi connectivity index (χ4n) is 2.80. The van der Waals surface area contributed by atoms with Gasteiger partial charge in [-0.15, -0.1) is 11.3 Å². The number of thiazole rings is 1. The number of aryl methyl sites for hydroxylation is 2. The minimum Gasteiger partial charge on any atom is -0.305 e. The highest BCUT2D eigenvalue weighted by atomic mass is 32.1. The molecule has 1 N–H and O–H groups in total. The van der Waals surface area contributed by atoms with Crippen LogP contribution < -0.4 is 5.32 Å². The molecular formula is C19H16F2N6OS. The van der Waals surface area contributed by atoms with Crippen LogP contribution in [0.5, 0.6) is 0 Å². The molecule has 29 heavy (non-hydrogen) atoms. The van der Waals surface area contributed by atoms with Crippen LogP contribution in [0.4, 0.5) is 14.6 Å². The highest BCUT2D eigenvalue weighted by Gasteiger charge is 2.17. The number of carbonyl (C=O) groups is 1. The highest BCUT2D eigenvalue weighted by Crippen LogP contribution is 2.24. The quantitative estimate of drug-likeness (QED) is 0.541. The van der Waals surface area contributed by atoms with E-state index in [4.69, 9.17) is 0 Å². The Labute approximate surface area is 168 Å². The molecule has 4 rings (SSSR count). The zero-order valence-corrected chi connectivity index (χ0v) is 16.4. The largest absolute Gasteiger partial charge is 0.305 e. The summed E-state index contributed by atoms with van der Waals surface area (Å²) >= 11 is 1.33. The van der Waals surface area contributed by atoms with Crippen molar-refractivity contribution in [3.8, 4) is 10.6 Å². The molecule has 0 aliphatic heterocycles. The van der Waals surface area contributed by atoms with Gasteiger partial charge in [0.2, 0.25) is 0 Å². The molecule has 0 bridgehead atoms. The normalized spacial score (nSPS) is 11.0. The number of amides is 1. The van der Waals surface area contributed by atoms with Crippen LogP contribution in [0.25, 0.3) is 10.6 Å². The van der Waals surface area contributed by atoms with E-state index in [0.29, 0.717) is 16.4 Å². The lowest BCUT2D eigenvalue weighted by Crippen LogP contribution is -2.17. The van der Waals surface area contributed by atoms with Gasteiger partial charge in [-0.1, -0.05) is 0 Å². The highest BCUT2D eigenvalue weighted by molar-refractivity contribution is 7.13. The summed E-state index contributed by atoms with van der Waals surface area (Å²) in [4.78, 5) is 17.0. The number of halogens is 2. The molecule has 0 saturated carbocycles. The predicted molar refractivity (Wildman–Crippen MR) is 105 cm³/mol. The van der Waals surface area contributed by atoms with Crippen molar-refractivity contribution in [1.29, 1.82) is 0 Å². The van der Waals surface area contributed by atoms with Gasteiger partial charge in [-0.3, -0.25) is 9.48 Å². The molecule has 3 heterocycles. The zero-order valence-electron chi connectivity index (χ0n) is 15.6. The molecule has 3 aromatic heterocycles. The summed E-state index contributed by atoms with van der Waals surface area (Å²) in [5.74, 6) is -1.10. The Balaban J connectivity index is 1.55. The fraction of sp³-hybridized carbons (Fsp3) is 0.158. The van der Waals surface area contributed by atoms with E-state index >= 15 is 0 Å². The first-order chi connectivity index (χ1) is 13.9. The number of hydrogen-bond acceptors (Lipinski definition) is 5. The summed E-state index contributed by atoms with van der Waals surface area (Å²) in [6.07, 6.45) is 5.04. The van der Waals surface area contributed by atoms with Gasteiger partial charge < -0.3 is 5.32 Å². The van der Waals surface area contributed by atoms with Gasteiger partial charge in [-0.2, -0.15) is 10.2 Å². The number of nitrogens with one attached hydrogen (secondary N) is 1. The van der Waals surface area contributed by atoms with Crippen molar-refractivity contribution in [1.82, 2.24) is 24.5 Å². The van der Waals surface area contributed by atoms with Crippen LogP contribution in [0.2, 0.25) is 0 Å². The van der Waals surface area contributed by atoms with Crippen LogP contribution in [-0.2, 0) is 13.6 Å². The van der Waals surface area contributed by atoms with Gasteiger partial charge in [0.1, 0.15) is 28.2 Å². The SMILES string of the molecule is Cc1cnn(Cc2cc(F)ccc2F)c1NC(=O)c1csc(-c2cnn(C)c2)n1. The van der Waals surface area contributed by atoms with E-state index in [1.807, 2.05) is 6.20 Å². The van der Waals surface area contributed by atoms with E-state index in [1.165, 1.54) is 16.0 Å². The number of rotatable bonds is 5. The van der Waals surface area contributed by atoms with Crippen molar-refractivity contribution in [3.05, 3.63) is 70.6 Å². The summed E-state index contributed by atoms with van der Waals surface area (Å²) < 4.78 is 30.5. The molecule has 148 valence electrons. The predicted octanol–water partition coefficient (Wildman–Crippen LogP) is 3.63. The van der Waals surface area contributed by atoms with Crippen LogP contribution in [0, 0.1) is 18.6 Å². The molecule has 0 aliphatic rings. The molecule has 0 unspecified atom stereocenters. The molecule has 1 aromatic carbocycles. The maximum absolute atomic E-state index is 14.0. The lowest BCUT2D eigenvalue weighted by atomic mass is 10.2. The van der Waals surface area contributed by atoms with Crippen molar-refractivity contribution < 1.29 is 13.6 Å². The monoisotopic (exact) mass is 414 g/mol. The van der Waals surface area contributed by atoms with Crippen LogP contribution in [-0.4, -0.2) is 30.5 Å². The first-order valence-electron chi connectivity index (χ1n) is 8.63. The van der Waals surface area contributed by atoms with Crippen LogP contribution in [0.1, 0.15) is 21.6 Å². The van der Waals surface area contributed by atoms with Gasteiger partial charge in [0, 0.05) is 35.3 Å². The average Bonchev–Trinajstić information content (AvgIpc) is 3.41. The second kappa shape index (κ2) is 7.55. The van der Waals surface area contributed by atoms with Crippen molar-refractivity contribution >= 4 is 23.1 Å². The van der Waals surface area contributed by atoms with Crippen molar-refractivity contribution in [2.45, 2.75) is 13.5 Å². The second-order valence-electron chi connectivity index (χ2n) is 6.46. The summed E-state index contributed by atoms with van der Waals surface area (Å²) in [7, 11) is 1.80. The fourth-order valence-corrected chi connectivity index (χ4v) is 3.58. The lowest BCUT2D eigenvalue weighted by molar-refractivity contribution is 0.102. The molecule has 1 amide bonds. The van der Waals surface area contributed by atoms with Gasteiger partial charge in [-0.25, -0.2) is 18.4 Å². The molecule has 0 atom stereocenters. The maximum atomic E-state index is 14.0. The Hall–Kier alpha value is -3.40. The second-order valence-corrected chi connectivity index (χ2v) is 7.32. The molecule has 10 heteroatoms. The Morgan fingerprint density at radius 2 is 2.07 bits per heavy atom. The van der Waals surface area contributed by atoms with Gasteiger partial charge >= 0.3 is 0 Å². The topological polar surface area (TPSA) is 77.6 Å². The zero-order chi connectivity index (χ0) is 20.5. The minimum atomic E-state index is -0.544. The Bertz CT molecular complexity index is 1200. The number of carbonyl (C=O) groups excluding carboxylic acids is 1. The number of benzene rings is 1. The number of nitrogens with zero attached hydrogens (tertiary/aromatic N) is 5. The standard InChI is InChI=1S/C19H16F2N6OS/c1-11-6-23-27(9-12-5-14(20)3-4-15(12)21)17(11)25-18(28)16-10-29-19(24-16)13-7-22-26(2)8-13/h3-8,10H,9H2,1-2H3,(H,25,28). The van der Waals surface area contributed by atoms with E-state index < -0.39 is 17.5 Å². The maximum Gasteiger partial charge on any atom is 0.276 e. The molecule has 4 aromatic rings. The van der Waals surface area contributed by atoms with E-state index in [2.05, 4.69) is 20.5 Å². The first kappa shape index (κ1) is 18.9. The van der Waals surface area contributed by atoms with E-state index in [9.17, 15) is 13.6 Å². The Morgan fingerprint density at radius 3 is 2.83 bits per heavy atom. The summed E-state index contributed by atoms with van der Waals surface area (Å²) in [5.41, 5.74) is 1.89. The van der Waals surface area contributed by atoms with Gasteiger partial charge in [0.25, 0.3) is 5.91 Å². The van der Waals surface area contributed by atoms with Crippen molar-refractivity contribution in [2.24, 2.45) is 7.05 Å². The van der Waals surface area contributed by atoms with Crippen LogP contribution in [0.3, 0.4) is 0 Å². The molecule has 0 aliphatic carbocycles. The summed E-state index contributed by atoms with van der Waals surface area (Å²) in [6, 6.07) is 3.23. The third-order valence-corrected chi connectivity index (χ3v) is 5.16. The van der Waals surface area contributed by atoms with E-state index in [0.717, 1.165) is 23.8 Å². The molecule has 0 fully saturated rings. The third-order valence-electron chi connectivity index (χ3n) is 4.27. The third kappa shape index (κ3) is 3.92. The van der Waals surface area contributed by atoms with E-state index in [-0.39, 0.29) is 17.8 Å². The number of aromatic nitrogens is 5. The van der Waals surface area contributed by atoms with E-state index in [1.54, 1.807) is 36.4 Å². The van der Waals surface area contributed by atoms with Crippen LogP contribution in [0.15, 0.2) is 42.2 Å². The number of anilines is 1. The Morgan fingerprint density at radius 1 is 1.24 bits per heavy atom. The van der Waals surface area contributed by atoms with Gasteiger partial charge in [-0.05, 0) is 25.1 Å². The van der Waals surface area contributed by atoms with Crippen molar-refractivity contribution in [2.75, 3.05) is 5.32 Å². The molecule has 0 spiro atoms. The summed E-state index contributed by atoms with van der Waals surface area (Å²) in [6.45, 7) is 1.74.